The lowest BCUT2D eigenvalue weighted by molar-refractivity contribution is -0.383. The second kappa shape index (κ2) is 3.54. The van der Waals surface area contributed by atoms with E-state index in [1.54, 1.807) is 12.5 Å². The first-order chi connectivity index (χ1) is 7.15. The molecular weight excluding hydrogens is 219 g/mol. The average molecular weight is 226 g/mol. The van der Waals surface area contributed by atoms with Crippen LogP contribution in [0.15, 0.2) is 23.2 Å². The third-order valence-corrected chi connectivity index (χ3v) is 2.90. The second-order valence-electron chi connectivity index (χ2n) is 2.93. The molecule has 0 aliphatic carbocycles. The maximum atomic E-state index is 13.3. The number of benzene rings is 1. The Morgan fingerprint density at radius 2 is 2.27 bits per heavy atom. The second-order valence-corrected chi connectivity index (χ2v) is 3.78. The van der Waals surface area contributed by atoms with Gasteiger partial charge in [-0.3, -0.25) is 10.1 Å². The molecule has 0 saturated carbocycles. The number of halogens is 1. The molecule has 0 radical (unpaired) electrons. The Balaban J connectivity index is 2.87. The molecule has 0 unspecified atom stereocenters. The molecule has 6 heteroatoms. The molecule has 0 aliphatic heterocycles. The lowest BCUT2D eigenvalue weighted by Crippen LogP contribution is -1.90. The molecule has 0 fully saturated rings. The number of hydrogen-bond acceptors (Lipinski definition) is 3. The first-order valence-corrected chi connectivity index (χ1v) is 5.35. The first-order valence-electron chi connectivity index (χ1n) is 4.13. The number of nitrogens with zero attached hydrogens (tertiary/aromatic N) is 1. The van der Waals surface area contributed by atoms with Crippen molar-refractivity contribution < 1.29 is 9.31 Å². The van der Waals surface area contributed by atoms with Gasteiger partial charge in [0, 0.05) is 17.2 Å². The Labute approximate surface area is 88.6 Å². The van der Waals surface area contributed by atoms with Gasteiger partial charge >= 0.3 is 0 Å². The molecule has 1 aromatic heterocycles. The smallest absolute Gasteiger partial charge is 0.280 e. The summed E-state index contributed by atoms with van der Waals surface area (Å²) in [5.74, 6) is -0.476. The van der Waals surface area contributed by atoms with Crippen LogP contribution in [0.3, 0.4) is 0 Å². The van der Waals surface area contributed by atoms with E-state index < -0.39 is 10.7 Å². The van der Waals surface area contributed by atoms with E-state index in [0.717, 1.165) is 6.07 Å². The van der Waals surface area contributed by atoms with Crippen LogP contribution in [0.1, 0.15) is 0 Å². The van der Waals surface area contributed by atoms with Crippen LogP contribution < -0.4 is 0 Å². The van der Waals surface area contributed by atoms with E-state index in [1.807, 2.05) is 0 Å². The Morgan fingerprint density at radius 1 is 1.53 bits per heavy atom. The van der Waals surface area contributed by atoms with Crippen molar-refractivity contribution in [2.24, 2.45) is 0 Å². The predicted octanol–water partition coefficient (Wildman–Crippen LogP) is 2.94. The lowest BCUT2D eigenvalue weighted by Gasteiger charge is -1.97. The van der Waals surface area contributed by atoms with Crippen LogP contribution in [0.2, 0.25) is 0 Å². The van der Waals surface area contributed by atoms with E-state index in [4.69, 9.17) is 0 Å². The number of hydrogen-bond donors (Lipinski definition) is 1. The van der Waals surface area contributed by atoms with Crippen molar-refractivity contribution in [3.05, 3.63) is 34.3 Å². The predicted molar refractivity (Wildman–Crippen MR) is 56.7 cm³/mol. The van der Waals surface area contributed by atoms with E-state index in [2.05, 4.69) is 4.98 Å². The Kier molecular flexibility index (Phi) is 2.36. The van der Waals surface area contributed by atoms with Crippen LogP contribution >= 0.6 is 11.8 Å². The molecule has 0 aliphatic rings. The summed E-state index contributed by atoms with van der Waals surface area (Å²) in [6, 6.07) is 2.28. The number of H-pyrrole nitrogens is 1. The molecule has 1 heterocycles. The van der Waals surface area contributed by atoms with E-state index >= 15 is 0 Å². The standard InChI is InChI=1S/C9H7FN2O2S/c1-15-7-4-11-9-5(10)2-3-6(8(7)9)12(13)14/h2-4,11H,1H3. The van der Waals surface area contributed by atoms with Gasteiger partial charge in [-0.15, -0.1) is 11.8 Å². The van der Waals surface area contributed by atoms with Gasteiger partial charge in [-0.25, -0.2) is 4.39 Å². The highest BCUT2D eigenvalue weighted by Gasteiger charge is 2.19. The molecule has 4 nitrogen and oxygen atoms in total. The molecule has 0 saturated heterocycles. The number of non-ortho nitro benzene ring substituents is 1. The SMILES string of the molecule is CSc1c[nH]c2c(F)ccc([N+](=O)[O-])c12. The fourth-order valence-electron chi connectivity index (χ4n) is 1.48. The zero-order valence-electron chi connectivity index (χ0n) is 7.78. The summed E-state index contributed by atoms with van der Waals surface area (Å²) >= 11 is 1.34. The van der Waals surface area contributed by atoms with Gasteiger partial charge in [-0.05, 0) is 12.3 Å². The Bertz CT molecular complexity index is 538. The van der Waals surface area contributed by atoms with Crippen molar-refractivity contribution in [3.8, 4) is 0 Å². The highest BCUT2D eigenvalue weighted by molar-refractivity contribution is 7.98. The number of rotatable bonds is 2. The van der Waals surface area contributed by atoms with Crippen molar-refractivity contribution >= 4 is 28.4 Å². The van der Waals surface area contributed by atoms with E-state index in [1.165, 1.54) is 17.8 Å². The third-order valence-electron chi connectivity index (χ3n) is 2.14. The minimum Gasteiger partial charge on any atom is -0.357 e. The molecule has 0 spiro atoms. The molecule has 2 rings (SSSR count). The van der Waals surface area contributed by atoms with Crippen LogP contribution in [0.5, 0.6) is 0 Å². The van der Waals surface area contributed by atoms with Crippen molar-refractivity contribution in [1.29, 1.82) is 0 Å². The molecule has 0 bridgehead atoms. The van der Waals surface area contributed by atoms with Gasteiger partial charge in [0.15, 0.2) is 0 Å². The zero-order valence-corrected chi connectivity index (χ0v) is 8.60. The summed E-state index contributed by atoms with van der Waals surface area (Å²) in [6.45, 7) is 0. The van der Waals surface area contributed by atoms with Gasteiger partial charge in [0.2, 0.25) is 0 Å². The molecule has 0 atom stereocenters. The first kappa shape index (κ1) is 9.97. The summed E-state index contributed by atoms with van der Waals surface area (Å²) in [4.78, 5) is 13.6. The number of nitrogens with one attached hydrogen (secondary N) is 1. The van der Waals surface area contributed by atoms with Crippen LogP contribution in [0, 0.1) is 15.9 Å². The average Bonchev–Trinajstić information content (AvgIpc) is 2.62. The summed E-state index contributed by atoms with van der Waals surface area (Å²) < 4.78 is 13.3. The van der Waals surface area contributed by atoms with Crippen molar-refractivity contribution in [3.63, 3.8) is 0 Å². The highest BCUT2D eigenvalue weighted by atomic mass is 32.2. The Hall–Kier alpha value is -1.56. The Morgan fingerprint density at radius 3 is 2.87 bits per heavy atom. The van der Waals surface area contributed by atoms with Gasteiger partial charge in [0.25, 0.3) is 5.69 Å². The fourth-order valence-corrected chi connectivity index (χ4v) is 2.07. The topological polar surface area (TPSA) is 58.9 Å². The van der Waals surface area contributed by atoms with Crippen LogP contribution in [0.25, 0.3) is 10.9 Å². The number of nitro groups is 1. The molecule has 1 N–H and O–H groups in total. The quantitative estimate of drug-likeness (QED) is 0.486. The lowest BCUT2D eigenvalue weighted by atomic mass is 10.2. The zero-order chi connectivity index (χ0) is 11.0. The van der Waals surface area contributed by atoms with Crippen LogP contribution in [-0.4, -0.2) is 16.2 Å². The minimum atomic E-state index is -0.505. The largest absolute Gasteiger partial charge is 0.357 e. The van der Waals surface area contributed by atoms with Crippen LogP contribution in [-0.2, 0) is 0 Å². The number of thioether (sulfide) groups is 1. The molecule has 0 amide bonds. The summed E-state index contributed by atoms with van der Waals surface area (Å²) in [7, 11) is 0. The molecule has 2 aromatic rings. The van der Waals surface area contributed by atoms with Gasteiger partial charge in [0.1, 0.15) is 5.82 Å². The van der Waals surface area contributed by atoms with E-state index in [-0.39, 0.29) is 11.2 Å². The summed E-state index contributed by atoms with van der Waals surface area (Å²) in [6.07, 6.45) is 3.36. The monoisotopic (exact) mass is 226 g/mol. The van der Waals surface area contributed by atoms with E-state index in [0.29, 0.717) is 10.3 Å². The molecule has 15 heavy (non-hydrogen) atoms. The van der Waals surface area contributed by atoms with Gasteiger partial charge in [-0.2, -0.15) is 0 Å². The van der Waals surface area contributed by atoms with Gasteiger partial charge < -0.3 is 4.98 Å². The van der Waals surface area contributed by atoms with Crippen molar-refractivity contribution in [2.45, 2.75) is 4.90 Å². The normalized spacial score (nSPS) is 10.8. The fraction of sp³-hybridized carbons (Fsp3) is 0.111. The van der Waals surface area contributed by atoms with Gasteiger partial charge in [0.05, 0.1) is 15.8 Å². The number of aromatic amines is 1. The number of aromatic nitrogens is 1. The summed E-state index contributed by atoms with van der Waals surface area (Å²) in [5, 5.41) is 11.1. The van der Waals surface area contributed by atoms with E-state index in [9.17, 15) is 14.5 Å². The highest BCUT2D eigenvalue weighted by Crippen LogP contribution is 2.34. The van der Waals surface area contributed by atoms with Crippen molar-refractivity contribution in [2.75, 3.05) is 6.26 Å². The molecule has 1 aromatic carbocycles. The van der Waals surface area contributed by atoms with Crippen LogP contribution in [0.4, 0.5) is 10.1 Å². The number of nitro benzene ring substituents is 1. The molecular formula is C9H7FN2O2S. The van der Waals surface area contributed by atoms with Gasteiger partial charge in [-0.1, -0.05) is 0 Å². The maximum Gasteiger partial charge on any atom is 0.280 e. The molecule has 78 valence electrons. The third kappa shape index (κ3) is 1.46. The van der Waals surface area contributed by atoms with Crippen molar-refractivity contribution in [1.82, 2.24) is 4.98 Å². The maximum absolute atomic E-state index is 13.3. The minimum absolute atomic E-state index is 0.0722. The summed E-state index contributed by atoms with van der Waals surface area (Å²) in [5.41, 5.74) is 0.116. The number of fused-ring (bicyclic) bond motifs is 1.